The fourth-order valence-corrected chi connectivity index (χ4v) is 3.96. The molecule has 1 saturated heterocycles. The average molecular weight is 307 g/mol. The van der Waals surface area contributed by atoms with Crippen molar-refractivity contribution in [3.05, 3.63) is 12.7 Å². The van der Waals surface area contributed by atoms with Gasteiger partial charge in [-0.3, -0.25) is 0 Å². The second-order valence-corrected chi connectivity index (χ2v) is 7.28. The maximum absolute atomic E-state index is 5.63. The van der Waals surface area contributed by atoms with Gasteiger partial charge in [-0.25, -0.2) is 15.0 Å². The van der Waals surface area contributed by atoms with Gasteiger partial charge in [0.05, 0.1) is 7.11 Å². The molecule has 1 aliphatic rings. The molecule has 0 bridgehead atoms. The van der Waals surface area contributed by atoms with E-state index in [-0.39, 0.29) is 11.1 Å². The summed E-state index contributed by atoms with van der Waals surface area (Å²) in [6, 6.07) is 0.396. The van der Waals surface area contributed by atoms with Crippen LogP contribution in [0.4, 0.5) is 5.95 Å². The summed E-state index contributed by atoms with van der Waals surface area (Å²) in [6.07, 6.45) is 6.24. The first-order valence-corrected chi connectivity index (χ1v) is 8.05. The predicted octanol–water partition coefficient (Wildman–Crippen LogP) is 2.67. The fraction of sp³-hybridized carbons (Fsp3) is 0.812. The smallest absolute Gasteiger partial charge is 0.229 e. The molecule has 0 aromatic carbocycles. The first-order valence-electron chi connectivity index (χ1n) is 8.05. The van der Waals surface area contributed by atoms with Gasteiger partial charge in [-0.15, -0.1) is 0 Å². The molecule has 0 radical (unpaired) electrons. The van der Waals surface area contributed by atoms with Crippen LogP contribution in [-0.2, 0) is 4.84 Å². The summed E-state index contributed by atoms with van der Waals surface area (Å²) in [5.74, 6) is 0.753. The van der Waals surface area contributed by atoms with Crippen molar-refractivity contribution in [1.82, 2.24) is 20.0 Å². The largest absolute Gasteiger partial charge is 0.330 e. The highest BCUT2D eigenvalue weighted by Gasteiger charge is 2.48. The van der Waals surface area contributed by atoms with E-state index in [0.717, 1.165) is 31.8 Å². The van der Waals surface area contributed by atoms with E-state index in [1.165, 1.54) is 0 Å². The Hall–Kier alpha value is -1.27. The molecule has 0 saturated carbocycles. The highest BCUT2D eigenvalue weighted by molar-refractivity contribution is 5.39. The van der Waals surface area contributed by atoms with Gasteiger partial charge < -0.3 is 9.74 Å². The molecule has 6 heteroatoms. The highest BCUT2D eigenvalue weighted by Crippen LogP contribution is 2.41. The summed E-state index contributed by atoms with van der Waals surface area (Å²) in [5, 5.41) is 2.13. The third kappa shape index (κ3) is 3.38. The molecule has 1 aromatic rings. The second kappa shape index (κ2) is 6.46. The molecule has 2 rings (SSSR count). The monoisotopic (exact) mass is 307 g/mol. The van der Waals surface area contributed by atoms with E-state index < -0.39 is 0 Å². The van der Waals surface area contributed by atoms with E-state index in [9.17, 15) is 0 Å². The van der Waals surface area contributed by atoms with Gasteiger partial charge in [0.1, 0.15) is 12.7 Å². The van der Waals surface area contributed by atoms with Crippen LogP contribution in [-0.4, -0.2) is 50.8 Å². The first kappa shape index (κ1) is 17.1. The number of hydrogen-bond acceptors (Lipinski definition) is 6. The van der Waals surface area contributed by atoms with Gasteiger partial charge >= 0.3 is 0 Å². The zero-order valence-electron chi connectivity index (χ0n) is 14.7. The van der Waals surface area contributed by atoms with Crippen molar-refractivity contribution in [2.75, 3.05) is 18.6 Å². The van der Waals surface area contributed by atoms with Crippen LogP contribution < -0.4 is 4.90 Å². The van der Waals surface area contributed by atoms with Crippen molar-refractivity contribution in [3.8, 4) is 0 Å². The van der Waals surface area contributed by atoms with Crippen LogP contribution in [0.15, 0.2) is 12.7 Å². The number of hydroxylamine groups is 2. The standard InChI is InChI=1S/C16H29N5O/c1-7-8-20(22-6)13-9-15(2,3)21(16(4,5)10-13)14-18-11-17-12-19-14/h11-13H,7-10H2,1-6H3. The van der Waals surface area contributed by atoms with Gasteiger partial charge in [0.2, 0.25) is 5.95 Å². The molecule has 1 aliphatic heterocycles. The number of nitrogens with zero attached hydrogens (tertiary/aromatic N) is 5. The van der Waals surface area contributed by atoms with E-state index in [1.807, 2.05) is 0 Å². The Kier molecular flexibility index (Phi) is 5.02. The summed E-state index contributed by atoms with van der Waals surface area (Å²) in [5.41, 5.74) is -0.115. The minimum atomic E-state index is -0.0573. The number of piperidine rings is 1. The number of rotatable bonds is 5. The predicted molar refractivity (Wildman–Crippen MR) is 87.5 cm³/mol. The summed E-state index contributed by atoms with van der Waals surface area (Å²) in [4.78, 5) is 20.7. The Labute approximate surface area is 133 Å². The zero-order chi connectivity index (χ0) is 16.4. The third-order valence-corrected chi connectivity index (χ3v) is 4.45. The molecule has 1 aromatic heterocycles. The molecule has 0 aliphatic carbocycles. The zero-order valence-corrected chi connectivity index (χ0v) is 14.7. The molecule has 6 nitrogen and oxygen atoms in total. The normalized spacial score (nSPS) is 21.3. The van der Waals surface area contributed by atoms with Crippen molar-refractivity contribution in [1.29, 1.82) is 0 Å². The molecule has 2 heterocycles. The Morgan fingerprint density at radius 1 is 1.18 bits per heavy atom. The van der Waals surface area contributed by atoms with Crippen LogP contribution in [0, 0.1) is 0 Å². The van der Waals surface area contributed by atoms with Gasteiger partial charge in [-0.1, -0.05) is 6.92 Å². The molecular formula is C16H29N5O. The fourth-order valence-electron chi connectivity index (χ4n) is 3.96. The minimum Gasteiger partial charge on any atom is -0.330 e. The molecule has 0 amide bonds. The van der Waals surface area contributed by atoms with E-state index in [0.29, 0.717) is 6.04 Å². The molecule has 0 spiro atoms. The molecule has 0 unspecified atom stereocenters. The van der Waals surface area contributed by atoms with E-state index >= 15 is 0 Å². The van der Waals surface area contributed by atoms with Crippen LogP contribution in [0.2, 0.25) is 0 Å². The summed E-state index contributed by atoms with van der Waals surface area (Å²) >= 11 is 0. The van der Waals surface area contributed by atoms with E-state index in [4.69, 9.17) is 4.84 Å². The number of aromatic nitrogens is 3. The second-order valence-electron chi connectivity index (χ2n) is 7.28. The van der Waals surface area contributed by atoms with E-state index in [2.05, 4.69) is 59.5 Å². The summed E-state index contributed by atoms with van der Waals surface area (Å²) in [6.45, 7) is 12.2. The highest BCUT2D eigenvalue weighted by atomic mass is 16.7. The quantitative estimate of drug-likeness (QED) is 0.780. The molecule has 1 fully saturated rings. The lowest BCUT2D eigenvalue weighted by molar-refractivity contribution is -0.175. The Balaban J connectivity index is 2.30. The van der Waals surface area contributed by atoms with Crippen LogP contribution in [0.1, 0.15) is 53.9 Å². The average Bonchev–Trinajstić information content (AvgIpc) is 2.43. The number of hydrogen-bond donors (Lipinski definition) is 0. The van der Waals surface area contributed by atoms with Gasteiger partial charge in [-0.2, -0.15) is 5.06 Å². The lowest BCUT2D eigenvalue weighted by atomic mass is 9.77. The van der Waals surface area contributed by atoms with Crippen LogP contribution in [0.5, 0.6) is 0 Å². The van der Waals surface area contributed by atoms with Crippen molar-refractivity contribution >= 4 is 5.95 Å². The molecule has 22 heavy (non-hydrogen) atoms. The summed E-state index contributed by atoms with van der Waals surface area (Å²) < 4.78 is 0. The van der Waals surface area contributed by atoms with Crippen LogP contribution in [0.25, 0.3) is 0 Å². The lowest BCUT2D eigenvalue weighted by Crippen LogP contribution is -2.65. The van der Waals surface area contributed by atoms with Crippen molar-refractivity contribution in [2.24, 2.45) is 0 Å². The van der Waals surface area contributed by atoms with Crippen molar-refractivity contribution in [3.63, 3.8) is 0 Å². The minimum absolute atomic E-state index is 0.0573. The topological polar surface area (TPSA) is 54.4 Å². The summed E-state index contributed by atoms with van der Waals surface area (Å²) in [7, 11) is 1.77. The van der Waals surface area contributed by atoms with Gasteiger partial charge in [-0.05, 0) is 47.0 Å². The molecule has 0 atom stereocenters. The number of anilines is 1. The van der Waals surface area contributed by atoms with E-state index in [1.54, 1.807) is 19.8 Å². The van der Waals surface area contributed by atoms with Gasteiger partial charge in [0, 0.05) is 23.7 Å². The third-order valence-electron chi connectivity index (χ3n) is 4.45. The SMILES string of the molecule is CCCN(OC)C1CC(C)(C)N(c2ncncn2)C(C)(C)C1. The Morgan fingerprint density at radius 2 is 1.73 bits per heavy atom. The molecule has 124 valence electrons. The molecule has 0 N–H and O–H groups in total. The van der Waals surface area contributed by atoms with Crippen molar-refractivity contribution in [2.45, 2.75) is 71.0 Å². The Morgan fingerprint density at radius 3 is 2.18 bits per heavy atom. The van der Waals surface area contributed by atoms with Crippen molar-refractivity contribution < 1.29 is 4.84 Å². The van der Waals surface area contributed by atoms with Gasteiger partial charge in [0.15, 0.2) is 0 Å². The maximum atomic E-state index is 5.63. The molecular weight excluding hydrogens is 278 g/mol. The van der Waals surface area contributed by atoms with Crippen LogP contribution in [0.3, 0.4) is 0 Å². The first-order chi connectivity index (χ1) is 10.3. The lowest BCUT2D eigenvalue weighted by Gasteiger charge is -2.56. The van der Waals surface area contributed by atoms with Crippen LogP contribution >= 0.6 is 0 Å². The van der Waals surface area contributed by atoms with Gasteiger partial charge in [0.25, 0.3) is 0 Å². The Bertz CT molecular complexity index is 459. The maximum Gasteiger partial charge on any atom is 0.229 e.